The molecule has 0 bridgehead atoms. The molecule has 0 spiro atoms. The number of ether oxygens (including phenoxy) is 1. The number of hydrazone groups is 1. The molecule has 4 rings (SSSR count). The second-order valence-corrected chi connectivity index (χ2v) is 8.15. The van der Waals surface area contributed by atoms with Gasteiger partial charge < -0.3 is 4.74 Å². The first-order chi connectivity index (χ1) is 15.1. The van der Waals surface area contributed by atoms with Crippen molar-refractivity contribution in [1.29, 1.82) is 0 Å². The Balaban J connectivity index is 1.33. The molecule has 1 N–H and O–H groups in total. The van der Waals surface area contributed by atoms with Crippen LogP contribution in [0.3, 0.4) is 0 Å². The van der Waals surface area contributed by atoms with E-state index in [1.165, 1.54) is 35.6 Å². The van der Waals surface area contributed by atoms with Gasteiger partial charge in [-0.2, -0.15) is 5.10 Å². The van der Waals surface area contributed by atoms with Gasteiger partial charge in [0.1, 0.15) is 11.6 Å². The number of nitrogens with one attached hydrogen (secondary N) is 1. The lowest BCUT2D eigenvalue weighted by atomic mass is 10.2. The molecular formula is C23H15BrFN3O2S. The summed E-state index contributed by atoms with van der Waals surface area (Å²) in [5, 5.41) is 6.84. The molecule has 5 nitrogen and oxygen atoms in total. The second-order valence-electron chi connectivity index (χ2n) is 6.38. The van der Waals surface area contributed by atoms with E-state index < -0.39 is 11.8 Å². The van der Waals surface area contributed by atoms with Crippen LogP contribution in [-0.2, 0) is 0 Å². The number of esters is 1. The topological polar surface area (TPSA) is 63.6 Å². The number of carbonyl (C=O) groups excluding carboxylic acids is 1. The summed E-state index contributed by atoms with van der Waals surface area (Å²) in [6.07, 6.45) is 1.65. The molecule has 31 heavy (non-hydrogen) atoms. The van der Waals surface area contributed by atoms with E-state index >= 15 is 0 Å². The predicted octanol–water partition coefficient (Wildman–Crippen LogP) is 6.38. The SMILES string of the molecule is O=C(Oc1ccc(/C=N/Nc2nc(-c3ccc(Br)cc3)cs2)cc1)c1ccc(F)cc1. The van der Waals surface area contributed by atoms with E-state index in [-0.39, 0.29) is 5.56 Å². The van der Waals surface area contributed by atoms with Crippen molar-refractivity contribution in [3.63, 3.8) is 0 Å². The molecular weight excluding hydrogens is 481 g/mol. The number of rotatable bonds is 6. The summed E-state index contributed by atoms with van der Waals surface area (Å²) in [6.45, 7) is 0. The summed E-state index contributed by atoms with van der Waals surface area (Å²) >= 11 is 4.89. The fourth-order valence-electron chi connectivity index (χ4n) is 2.61. The van der Waals surface area contributed by atoms with E-state index in [1.54, 1.807) is 30.5 Å². The third-order valence-corrected chi connectivity index (χ3v) is 5.46. The summed E-state index contributed by atoms with van der Waals surface area (Å²) < 4.78 is 19.3. The minimum absolute atomic E-state index is 0.280. The third-order valence-electron chi connectivity index (χ3n) is 4.19. The Morgan fingerprint density at radius 2 is 1.74 bits per heavy atom. The maximum atomic E-state index is 12.9. The van der Waals surface area contributed by atoms with Crippen molar-refractivity contribution in [2.24, 2.45) is 5.10 Å². The number of anilines is 1. The van der Waals surface area contributed by atoms with E-state index in [2.05, 4.69) is 31.4 Å². The fourth-order valence-corrected chi connectivity index (χ4v) is 3.55. The largest absolute Gasteiger partial charge is 0.423 e. The molecule has 0 radical (unpaired) electrons. The van der Waals surface area contributed by atoms with Crippen molar-refractivity contribution in [3.8, 4) is 17.0 Å². The highest BCUT2D eigenvalue weighted by Gasteiger charge is 2.08. The van der Waals surface area contributed by atoms with Gasteiger partial charge in [0, 0.05) is 15.4 Å². The summed E-state index contributed by atoms with van der Waals surface area (Å²) in [6, 6.07) is 20.0. The Morgan fingerprint density at radius 3 is 2.45 bits per heavy atom. The zero-order chi connectivity index (χ0) is 21.6. The highest BCUT2D eigenvalue weighted by atomic mass is 79.9. The lowest BCUT2D eigenvalue weighted by Crippen LogP contribution is -2.08. The highest BCUT2D eigenvalue weighted by molar-refractivity contribution is 9.10. The minimum atomic E-state index is -0.548. The van der Waals surface area contributed by atoms with Gasteiger partial charge in [-0.25, -0.2) is 14.2 Å². The molecule has 0 unspecified atom stereocenters. The lowest BCUT2D eigenvalue weighted by Gasteiger charge is -2.04. The first kappa shape index (κ1) is 20.9. The first-order valence-electron chi connectivity index (χ1n) is 9.15. The van der Waals surface area contributed by atoms with Crippen LogP contribution < -0.4 is 10.2 Å². The van der Waals surface area contributed by atoms with E-state index in [1.807, 2.05) is 29.6 Å². The zero-order valence-corrected chi connectivity index (χ0v) is 18.4. The molecule has 0 aliphatic heterocycles. The molecule has 154 valence electrons. The van der Waals surface area contributed by atoms with E-state index in [9.17, 15) is 9.18 Å². The third kappa shape index (κ3) is 5.62. The smallest absolute Gasteiger partial charge is 0.343 e. The van der Waals surface area contributed by atoms with Crippen LogP contribution in [0.15, 0.2) is 87.8 Å². The normalized spacial score (nSPS) is 10.9. The molecule has 1 heterocycles. The van der Waals surface area contributed by atoms with Crippen LogP contribution in [0.5, 0.6) is 5.75 Å². The Bertz CT molecular complexity index is 1210. The maximum absolute atomic E-state index is 12.9. The van der Waals surface area contributed by atoms with E-state index in [4.69, 9.17) is 4.74 Å². The van der Waals surface area contributed by atoms with Gasteiger partial charge >= 0.3 is 5.97 Å². The Kier molecular flexibility index (Phi) is 6.49. The van der Waals surface area contributed by atoms with Crippen LogP contribution in [0.25, 0.3) is 11.3 Å². The molecule has 4 aromatic rings. The quantitative estimate of drug-likeness (QED) is 0.146. The van der Waals surface area contributed by atoms with Gasteiger partial charge in [0.25, 0.3) is 0 Å². The van der Waals surface area contributed by atoms with Gasteiger partial charge in [0.15, 0.2) is 0 Å². The number of hydrogen-bond donors (Lipinski definition) is 1. The summed E-state index contributed by atoms with van der Waals surface area (Å²) in [5.74, 6) is -0.567. The van der Waals surface area contributed by atoms with Gasteiger partial charge in [-0.15, -0.1) is 11.3 Å². The summed E-state index contributed by atoms with van der Waals surface area (Å²) in [7, 11) is 0. The van der Waals surface area contributed by atoms with Gasteiger partial charge in [-0.3, -0.25) is 5.43 Å². The number of halogens is 2. The Hall–Kier alpha value is -3.36. The molecule has 1 aromatic heterocycles. The summed E-state index contributed by atoms with van der Waals surface area (Å²) in [4.78, 5) is 16.6. The van der Waals surface area contributed by atoms with Gasteiger partial charge in [-0.1, -0.05) is 28.1 Å². The fraction of sp³-hybridized carbons (Fsp3) is 0. The van der Waals surface area contributed by atoms with Crippen molar-refractivity contribution in [3.05, 3.63) is 99.6 Å². The standard InChI is InChI=1S/C23H15BrFN3O2S/c24-18-7-3-16(4-8-18)21-14-31-23(27-21)28-26-13-15-1-11-20(12-2-15)30-22(29)17-5-9-19(25)10-6-17/h1-14H,(H,27,28)/b26-13+. The van der Waals surface area contributed by atoms with Gasteiger partial charge in [0.2, 0.25) is 5.13 Å². The number of carbonyl (C=O) groups is 1. The van der Waals surface area contributed by atoms with Crippen molar-refractivity contribution < 1.29 is 13.9 Å². The number of thiazole rings is 1. The van der Waals surface area contributed by atoms with Crippen LogP contribution in [0.2, 0.25) is 0 Å². The molecule has 0 fully saturated rings. The van der Waals surface area contributed by atoms with Crippen LogP contribution >= 0.6 is 27.3 Å². The first-order valence-corrected chi connectivity index (χ1v) is 10.8. The second kappa shape index (κ2) is 9.63. The molecule has 0 saturated heterocycles. The van der Waals surface area contributed by atoms with Crippen molar-refractivity contribution in [2.45, 2.75) is 0 Å². The molecule has 8 heteroatoms. The van der Waals surface area contributed by atoms with E-state index in [0.29, 0.717) is 10.9 Å². The summed E-state index contributed by atoms with van der Waals surface area (Å²) in [5.41, 5.74) is 5.92. The molecule has 0 amide bonds. The number of aromatic nitrogens is 1. The van der Waals surface area contributed by atoms with Crippen molar-refractivity contribution in [1.82, 2.24) is 4.98 Å². The van der Waals surface area contributed by atoms with Crippen LogP contribution in [0.1, 0.15) is 15.9 Å². The van der Waals surface area contributed by atoms with Crippen LogP contribution in [0.4, 0.5) is 9.52 Å². The molecule has 0 saturated carbocycles. The zero-order valence-electron chi connectivity index (χ0n) is 16.0. The van der Waals surface area contributed by atoms with Gasteiger partial charge in [0.05, 0.1) is 17.5 Å². The average molecular weight is 496 g/mol. The maximum Gasteiger partial charge on any atom is 0.343 e. The van der Waals surface area contributed by atoms with Crippen LogP contribution in [-0.4, -0.2) is 17.2 Å². The highest BCUT2D eigenvalue weighted by Crippen LogP contribution is 2.26. The minimum Gasteiger partial charge on any atom is -0.423 e. The number of hydrogen-bond acceptors (Lipinski definition) is 6. The predicted molar refractivity (Wildman–Crippen MR) is 124 cm³/mol. The number of nitrogens with zero attached hydrogens (tertiary/aromatic N) is 2. The van der Waals surface area contributed by atoms with E-state index in [0.717, 1.165) is 21.3 Å². The Morgan fingerprint density at radius 1 is 1.03 bits per heavy atom. The van der Waals surface area contributed by atoms with Crippen molar-refractivity contribution in [2.75, 3.05) is 5.43 Å². The molecule has 0 atom stereocenters. The Labute approximate surface area is 190 Å². The van der Waals surface area contributed by atoms with Crippen molar-refractivity contribution >= 4 is 44.6 Å². The van der Waals surface area contributed by atoms with Crippen LogP contribution in [0, 0.1) is 5.82 Å². The molecule has 0 aliphatic rings. The van der Waals surface area contributed by atoms with Gasteiger partial charge in [-0.05, 0) is 66.2 Å². The molecule has 3 aromatic carbocycles. The molecule has 0 aliphatic carbocycles. The monoisotopic (exact) mass is 495 g/mol. The number of benzene rings is 3. The average Bonchev–Trinajstić information content (AvgIpc) is 3.25. The lowest BCUT2D eigenvalue weighted by molar-refractivity contribution is 0.0734.